The van der Waals surface area contributed by atoms with Gasteiger partial charge in [-0.1, -0.05) is 50.1 Å². The number of anilines is 1. The zero-order valence-corrected chi connectivity index (χ0v) is 27.5. The molecule has 1 saturated carbocycles. The molecule has 4 rings (SSSR count). The van der Waals surface area contributed by atoms with Gasteiger partial charge in [0, 0.05) is 42.0 Å². The van der Waals surface area contributed by atoms with E-state index in [4.69, 9.17) is 21.1 Å². The number of amides is 1. The number of nitrogens with one attached hydrogen (secondary N) is 1. The van der Waals surface area contributed by atoms with Gasteiger partial charge in [-0.3, -0.25) is 9.52 Å². The van der Waals surface area contributed by atoms with E-state index in [-0.39, 0.29) is 22.7 Å². The largest absolute Gasteiger partial charge is 0.491 e. The summed E-state index contributed by atoms with van der Waals surface area (Å²) in [6.45, 7) is 12.3. The molecule has 230 valence electrons. The standard InChI is InChI=1S/C34H47ClN2O4S/c1-7-9-17-34(5,40-6)30-15-11-26(30)20-37-21-27(29-14-13-28(35)18-24(29)10-8-2)22-41-32-16-12-25(19-31(32)37)33(38)36-42(39)23(3)4/h9,12-14,16-19,23,26-27,30H,7-8,10-11,15,20-22H2,1-6H3,(H,36,38)/b17-9+/t26?,27?,30?,34-,42?/m0/s1. The third-order valence-electron chi connectivity index (χ3n) is 8.86. The summed E-state index contributed by atoms with van der Waals surface area (Å²) in [6.07, 6.45) is 9.63. The van der Waals surface area contributed by atoms with Crippen molar-refractivity contribution in [2.24, 2.45) is 11.8 Å². The van der Waals surface area contributed by atoms with E-state index in [1.165, 1.54) is 11.1 Å². The van der Waals surface area contributed by atoms with Crippen LogP contribution in [0.3, 0.4) is 0 Å². The molecule has 8 heteroatoms. The number of rotatable bonds is 12. The predicted octanol–water partition coefficient (Wildman–Crippen LogP) is 7.47. The number of carbonyl (C=O) groups excluding carboxylic acids is 1. The molecule has 42 heavy (non-hydrogen) atoms. The third kappa shape index (κ3) is 7.40. The minimum Gasteiger partial charge on any atom is -0.491 e. The van der Waals surface area contributed by atoms with Crippen molar-refractivity contribution < 1.29 is 18.5 Å². The summed E-state index contributed by atoms with van der Waals surface area (Å²) in [5.74, 6) is 1.37. The fourth-order valence-corrected chi connectivity index (χ4v) is 6.97. The molecule has 1 aliphatic heterocycles. The quantitative estimate of drug-likeness (QED) is 0.251. The highest BCUT2D eigenvalue weighted by atomic mass is 35.5. The molecule has 1 fully saturated rings. The van der Waals surface area contributed by atoms with E-state index in [1.807, 2.05) is 39.2 Å². The SMILES string of the molecule is CC/C=C/[C@](C)(OC)C1CCC1CN1CC(c2ccc(Cl)cc2CCC)COc2ccc(C(=O)NS(=O)C(C)C)cc21. The summed E-state index contributed by atoms with van der Waals surface area (Å²) < 4.78 is 27.6. The lowest BCUT2D eigenvalue weighted by Crippen LogP contribution is -2.49. The minimum absolute atomic E-state index is 0.134. The Morgan fingerprint density at radius 1 is 1.24 bits per heavy atom. The van der Waals surface area contributed by atoms with Crippen molar-refractivity contribution >= 4 is 34.2 Å². The van der Waals surface area contributed by atoms with Gasteiger partial charge in [-0.15, -0.1) is 0 Å². The lowest BCUT2D eigenvalue weighted by Gasteiger charge is -2.48. The van der Waals surface area contributed by atoms with Gasteiger partial charge in [0.2, 0.25) is 0 Å². The van der Waals surface area contributed by atoms with Gasteiger partial charge < -0.3 is 14.4 Å². The maximum Gasteiger partial charge on any atom is 0.263 e. The van der Waals surface area contributed by atoms with E-state index in [2.05, 4.69) is 54.7 Å². The van der Waals surface area contributed by atoms with Crippen LogP contribution in [0, 0.1) is 11.8 Å². The molecule has 2 aromatic rings. The van der Waals surface area contributed by atoms with E-state index in [1.54, 1.807) is 6.07 Å². The lowest BCUT2D eigenvalue weighted by atomic mass is 9.64. The van der Waals surface area contributed by atoms with Gasteiger partial charge in [-0.2, -0.15) is 0 Å². The molecule has 1 heterocycles. The molecule has 6 nitrogen and oxygen atoms in total. The van der Waals surface area contributed by atoms with E-state index in [9.17, 15) is 9.00 Å². The molecule has 2 aromatic carbocycles. The van der Waals surface area contributed by atoms with Crippen LogP contribution >= 0.6 is 11.6 Å². The highest BCUT2D eigenvalue weighted by Crippen LogP contribution is 2.46. The molecule has 1 N–H and O–H groups in total. The van der Waals surface area contributed by atoms with Gasteiger partial charge >= 0.3 is 0 Å². The van der Waals surface area contributed by atoms with E-state index in [0.29, 0.717) is 24.0 Å². The minimum atomic E-state index is -1.45. The fourth-order valence-electron chi connectivity index (χ4n) is 6.24. The summed E-state index contributed by atoms with van der Waals surface area (Å²) in [7, 11) is 0.358. The van der Waals surface area contributed by atoms with Crippen LogP contribution in [0.5, 0.6) is 5.75 Å². The van der Waals surface area contributed by atoms with Crippen LogP contribution in [-0.4, -0.2) is 47.8 Å². The van der Waals surface area contributed by atoms with E-state index >= 15 is 0 Å². The summed E-state index contributed by atoms with van der Waals surface area (Å²) in [5, 5.41) is 0.585. The average Bonchev–Trinajstić information content (AvgIpc) is 3.13. The predicted molar refractivity (Wildman–Crippen MR) is 174 cm³/mol. The van der Waals surface area contributed by atoms with Crippen molar-refractivity contribution in [3.63, 3.8) is 0 Å². The van der Waals surface area contributed by atoms with Crippen molar-refractivity contribution in [1.82, 2.24) is 4.72 Å². The normalized spacial score (nSPS) is 22.6. The van der Waals surface area contributed by atoms with Gasteiger partial charge in [0.05, 0.1) is 17.9 Å². The fraction of sp³-hybridized carbons (Fsp3) is 0.559. The van der Waals surface area contributed by atoms with Gasteiger partial charge in [0.15, 0.2) is 0 Å². The zero-order valence-electron chi connectivity index (χ0n) is 26.0. The Bertz CT molecular complexity index is 1300. The molecule has 5 atom stereocenters. The molecule has 2 aliphatic rings. The first kappa shape index (κ1) is 32.6. The van der Waals surface area contributed by atoms with Crippen LogP contribution in [0.25, 0.3) is 0 Å². The number of hydrogen-bond donors (Lipinski definition) is 1. The Labute approximate surface area is 259 Å². The molecule has 0 aromatic heterocycles. The van der Waals surface area contributed by atoms with E-state index < -0.39 is 11.0 Å². The highest BCUT2D eigenvalue weighted by molar-refractivity contribution is 7.84. The van der Waals surface area contributed by atoms with Crippen molar-refractivity contribution in [3.8, 4) is 5.75 Å². The van der Waals surface area contributed by atoms with Gasteiger partial charge in [-0.25, -0.2) is 4.21 Å². The number of benzene rings is 2. The summed E-state index contributed by atoms with van der Waals surface area (Å²) >= 11 is 6.41. The second kappa shape index (κ2) is 14.4. The molecular formula is C34H47ClN2O4S. The second-order valence-electron chi connectivity index (χ2n) is 12.1. The number of carbonyl (C=O) groups is 1. The van der Waals surface area contributed by atoms with Gasteiger partial charge in [-0.05, 0) is 99.7 Å². The maximum atomic E-state index is 13.1. The summed E-state index contributed by atoms with van der Waals surface area (Å²) in [6, 6.07) is 11.8. The zero-order chi connectivity index (χ0) is 30.4. The molecule has 0 radical (unpaired) electrons. The Kier molecular flexibility index (Phi) is 11.2. The van der Waals surface area contributed by atoms with Crippen molar-refractivity contribution in [1.29, 1.82) is 0 Å². The Balaban J connectivity index is 1.69. The Morgan fingerprint density at radius 2 is 2.02 bits per heavy atom. The molecule has 1 aliphatic carbocycles. The van der Waals surface area contributed by atoms with Crippen LogP contribution in [0.2, 0.25) is 5.02 Å². The first-order valence-electron chi connectivity index (χ1n) is 15.3. The molecule has 0 spiro atoms. The molecule has 1 amide bonds. The number of hydrogen-bond acceptors (Lipinski definition) is 5. The topological polar surface area (TPSA) is 67.9 Å². The third-order valence-corrected chi connectivity index (χ3v) is 10.3. The second-order valence-corrected chi connectivity index (χ2v) is 14.3. The molecule has 0 bridgehead atoms. The smallest absolute Gasteiger partial charge is 0.263 e. The molecular weight excluding hydrogens is 568 g/mol. The van der Waals surface area contributed by atoms with Crippen LogP contribution in [-0.2, 0) is 22.1 Å². The summed E-state index contributed by atoms with van der Waals surface area (Å²) in [5.41, 5.74) is 3.59. The number of ether oxygens (including phenoxy) is 2. The average molecular weight is 615 g/mol. The van der Waals surface area contributed by atoms with Crippen LogP contribution in [0.15, 0.2) is 48.6 Å². The van der Waals surface area contributed by atoms with Crippen LogP contribution in [0.4, 0.5) is 5.69 Å². The number of halogens is 1. The van der Waals surface area contributed by atoms with Crippen molar-refractivity contribution in [2.45, 2.75) is 83.5 Å². The van der Waals surface area contributed by atoms with Crippen LogP contribution < -0.4 is 14.4 Å². The number of fused-ring (bicyclic) bond motifs is 1. The number of nitrogens with zero attached hydrogens (tertiary/aromatic N) is 1. The van der Waals surface area contributed by atoms with Gasteiger partial charge in [0.25, 0.3) is 5.91 Å². The molecule has 4 unspecified atom stereocenters. The monoisotopic (exact) mass is 614 g/mol. The Morgan fingerprint density at radius 3 is 2.67 bits per heavy atom. The number of aryl methyl sites for hydroxylation is 1. The summed E-state index contributed by atoms with van der Waals surface area (Å²) in [4.78, 5) is 15.5. The van der Waals surface area contributed by atoms with Crippen molar-refractivity contribution in [2.75, 3.05) is 31.7 Å². The van der Waals surface area contributed by atoms with Crippen molar-refractivity contribution in [3.05, 3.63) is 70.3 Å². The van der Waals surface area contributed by atoms with E-state index in [0.717, 1.165) is 61.7 Å². The Hall–Kier alpha value is -2.35. The highest BCUT2D eigenvalue weighted by Gasteiger charge is 2.44. The maximum absolute atomic E-state index is 13.1. The van der Waals surface area contributed by atoms with Crippen LogP contribution in [0.1, 0.15) is 87.7 Å². The molecule has 0 saturated heterocycles. The lowest BCUT2D eigenvalue weighted by molar-refractivity contribution is -0.0620. The number of methoxy groups -OCH3 is 1. The first-order valence-corrected chi connectivity index (χ1v) is 16.9. The first-order chi connectivity index (χ1) is 20.1. The number of allylic oxidation sites excluding steroid dienone is 1. The van der Waals surface area contributed by atoms with Gasteiger partial charge in [0.1, 0.15) is 16.7 Å².